The predicted octanol–water partition coefficient (Wildman–Crippen LogP) is 4.56. The van der Waals surface area contributed by atoms with Gasteiger partial charge < -0.3 is 5.32 Å². The van der Waals surface area contributed by atoms with E-state index in [1.165, 1.54) is 11.4 Å². The van der Waals surface area contributed by atoms with Crippen LogP contribution in [0.1, 0.15) is 50.7 Å². The topological polar surface area (TPSA) is 66.5 Å². The number of nitrogens with zero attached hydrogens (tertiary/aromatic N) is 1. The number of anilines is 1. The largest absolute Gasteiger partial charge is 0.351 e. The van der Waals surface area contributed by atoms with Crippen molar-refractivity contribution in [2.75, 3.05) is 17.9 Å². The Balaban J connectivity index is 2.09. The van der Waals surface area contributed by atoms with E-state index >= 15 is 0 Å². The summed E-state index contributed by atoms with van der Waals surface area (Å²) in [5.41, 5.74) is 2.49. The molecule has 6 heteroatoms. The van der Waals surface area contributed by atoms with Crippen molar-refractivity contribution in [3.8, 4) is 0 Å². The second-order valence-corrected chi connectivity index (χ2v) is 9.59. The van der Waals surface area contributed by atoms with Crippen LogP contribution in [0.4, 0.5) is 5.69 Å². The van der Waals surface area contributed by atoms with Crippen LogP contribution in [0, 0.1) is 5.92 Å². The van der Waals surface area contributed by atoms with E-state index in [2.05, 4.69) is 19.2 Å². The summed E-state index contributed by atoms with van der Waals surface area (Å²) >= 11 is 0. The number of hydrogen-bond acceptors (Lipinski definition) is 3. The monoisotopic (exact) mass is 426 g/mol. The molecule has 5 nitrogen and oxygen atoms in total. The van der Waals surface area contributed by atoms with Crippen LogP contribution in [0.2, 0.25) is 0 Å². The SMILES string of the molecule is CCCC[C@H](CC)CNC(=O)C1=C(c2ccccc2)c2ccccc2N(C)S1(=O)=O. The van der Waals surface area contributed by atoms with Crippen LogP contribution in [0.3, 0.4) is 0 Å². The number of hydrogen-bond donors (Lipinski definition) is 1. The first-order valence-electron chi connectivity index (χ1n) is 10.6. The van der Waals surface area contributed by atoms with E-state index in [4.69, 9.17) is 0 Å². The van der Waals surface area contributed by atoms with Crippen molar-refractivity contribution in [2.45, 2.75) is 39.5 Å². The first-order chi connectivity index (χ1) is 14.4. The molecule has 3 rings (SSSR count). The number of para-hydroxylation sites is 1. The maximum absolute atomic E-state index is 13.4. The molecule has 2 aromatic carbocycles. The average Bonchev–Trinajstić information content (AvgIpc) is 2.76. The second-order valence-electron chi connectivity index (χ2n) is 7.69. The molecular formula is C24H30N2O3S. The van der Waals surface area contributed by atoms with Gasteiger partial charge in [0.05, 0.1) is 5.69 Å². The van der Waals surface area contributed by atoms with Crippen molar-refractivity contribution in [3.05, 3.63) is 70.6 Å². The van der Waals surface area contributed by atoms with Crippen molar-refractivity contribution >= 4 is 27.2 Å². The minimum Gasteiger partial charge on any atom is -0.351 e. The van der Waals surface area contributed by atoms with Gasteiger partial charge in [0.2, 0.25) is 0 Å². The molecule has 1 amide bonds. The standard InChI is InChI=1S/C24H30N2O3S/c1-4-6-12-18(5-2)17-25-24(27)23-22(19-13-8-7-9-14-19)20-15-10-11-16-21(20)26(3)30(23,28)29/h7-11,13-16,18H,4-6,12,17H2,1-3H3,(H,25,27)/t18-/m0/s1. The molecule has 0 spiro atoms. The summed E-state index contributed by atoms with van der Waals surface area (Å²) in [6.45, 7) is 4.72. The summed E-state index contributed by atoms with van der Waals surface area (Å²) in [6.07, 6.45) is 4.16. The minimum absolute atomic E-state index is 0.180. The molecule has 1 atom stereocenters. The molecule has 0 saturated carbocycles. The number of nitrogens with one attached hydrogen (secondary N) is 1. The quantitative estimate of drug-likeness (QED) is 0.673. The molecule has 1 N–H and O–H groups in total. The number of carbonyl (C=O) groups excluding carboxylic acids is 1. The molecule has 1 aliphatic rings. The van der Waals surface area contributed by atoms with Gasteiger partial charge in [0.15, 0.2) is 4.91 Å². The number of unbranched alkanes of at least 4 members (excludes halogenated alkanes) is 1. The molecule has 0 radical (unpaired) electrons. The molecule has 0 unspecified atom stereocenters. The van der Waals surface area contributed by atoms with E-state index in [0.717, 1.165) is 31.2 Å². The summed E-state index contributed by atoms with van der Waals surface area (Å²) < 4.78 is 28.0. The summed E-state index contributed by atoms with van der Waals surface area (Å²) in [5.74, 6) is -0.198. The van der Waals surface area contributed by atoms with E-state index < -0.39 is 15.9 Å². The molecule has 0 fully saturated rings. The van der Waals surface area contributed by atoms with Gasteiger partial charge in [-0.1, -0.05) is 81.6 Å². The molecule has 30 heavy (non-hydrogen) atoms. The minimum atomic E-state index is -3.98. The Kier molecular flexibility index (Phi) is 6.98. The van der Waals surface area contributed by atoms with Gasteiger partial charge in [0, 0.05) is 24.7 Å². The van der Waals surface area contributed by atoms with Crippen LogP contribution in [0.25, 0.3) is 5.57 Å². The van der Waals surface area contributed by atoms with Gasteiger partial charge in [-0.05, 0) is 24.0 Å². The number of sulfonamides is 1. The summed E-state index contributed by atoms with van der Waals surface area (Å²) in [7, 11) is -2.48. The number of amides is 1. The fourth-order valence-electron chi connectivity index (χ4n) is 3.86. The first-order valence-corrected chi connectivity index (χ1v) is 12.0. The highest BCUT2D eigenvalue weighted by atomic mass is 32.2. The van der Waals surface area contributed by atoms with Gasteiger partial charge in [0.1, 0.15) is 0 Å². The lowest BCUT2D eigenvalue weighted by Crippen LogP contribution is -2.40. The Hall–Kier alpha value is -2.60. The lowest BCUT2D eigenvalue weighted by atomic mass is 9.95. The molecule has 160 valence electrons. The zero-order valence-electron chi connectivity index (χ0n) is 17.9. The van der Waals surface area contributed by atoms with E-state index in [0.29, 0.717) is 29.3 Å². The van der Waals surface area contributed by atoms with Crippen molar-refractivity contribution in [2.24, 2.45) is 5.92 Å². The highest BCUT2D eigenvalue weighted by molar-refractivity contribution is 7.97. The number of carbonyl (C=O) groups is 1. The van der Waals surface area contributed by atoms with Gasteiger partial charge in [-0.25, -0.2) is 8.42 Å². The van der Waals surface area contributed by atoms with Crippen LogP contribution in [-0.4, -0.2) is 27.9 Å². The highest BCUT2D eigenvalue weighted by Crippen LogP contribution is 2.41. The lowest BCUT2D eigenvalue weighted by molar-refractivity contribution is -0.117. The van der Waals surface area contributed by atoms with E-state index in [1.807, 2.05) is 42.5 Å². The summed E-state index contributed by atoms with van der Waals surface area (Å²) in [6, 6.07) is 16.6. The molecule has 0 aliphatic carbocycles. The van der Waals surface area contributed by atoms with Crippen LogP contribution in [0.15, 0.2) is 59.5 Å². The maximum Gasteiger partial charge on any atom is 0.270 e. The van der Waals surface area contributed by atoms with E-state index in [1.54, 1.807) is 12.1 Å². The first kappa shape index (κ1) is 22.1. The van der Waals surface area contributed by atoms with Crippen molar-refractivity contribution in [1.82, 2.24) is 5.32 Å². The van der Waals surface area contributed by atoms with Crippen LogP contribution >= 0.6 is 0 Å². The van der Waals surface area contributed by atoms with Gasteiger partial charge in [-0.15, -0.1) is 0 Å². The van der Waals surface area contributed by atoms with Gasteiger partial charge in [-0.3, -0.25) is 9.10 Å². The Bertz CT molecular complexity index is 1030. The third-order valence-electron chi connectivity index (χ3n) is 5.72. The predicted molar refractivity (Wildman–Crippen MR) is 123 cm³/mol. The Morgan fingerprint density at radius 3 is 2.37 bits per heavy atom. The molecule has 0 saturated heterocycles. The van der Waals surface area contributed by atoms with Gasteiger partial charge >= 0.3 is 0 Å². The molecule has 2 aromatic rings. The zero-order valence-corrected chi connectivity index (χ0v) is 18.7. The molecule has 0 aromatic heterocycles. The number of fused-ring (bicyclic) bond motifs is 1. The highest BCUT2D eigenvalue weighted by Gasteiger charge is 2.39. The van der Waals surface area contributed by atoms with Crippen LogP contribution in [0.5, 0.6) is 0 Å². The van der Waals surface area contributed by atoms with Crippen molar-refractivity contribution in [1.29, 1.82) is 0 Å². The molecular weight excluding hydrogens is 396 g/mol. The fraction of sp³-hybridized carbons (Fsp3) is 0.375. The maximum atomic E-state index is 13.4. The van der Waals surface area contributed by atoms with E-state index in [9.17, 15) is 13.2 Å². The Morgan fingerprint density at radius 2 is 1.70 bits per heavy atom. The number of benzene rings is 2. The molecule has 0 bridgehead atoms. The van der Waals surface area contributed by atoms with Crippen molar-refractivity contribution < 1.29 is 13.2 Å². The van der Waals surface area contributed by atoms with Crippen LogP contribution < -0.4 is 9.62 Å². The third-order valence-corrected chi connectivity index (χ3v) is 7.54. The van der Waals surface area contributed by atoms with Crippen LogP contribution in [-0.2, 0) is 14.8 Å². The van der Waals surface area contributed by atoms with Gasteiger partial charge in [-0.2, -0.15) is 0 Å². The fourth-order valence-corrected chi connectivity index (χ4v) is 5.34. The Morgan fingerprint density at radius 1 is 1.03 bits per heavy atom. The van der Waals surface area contributed by atoms with Crippen molar-refractivity contribution in [3.63, 3.8) is 0 Å². The number of rotatable bonds is 8. The summed E-state index contributed by atoms with van der Waals surface area (Å²) in [4.78, 5) is 13.1. The molecule has 1 heterocycles. The van der Waals surface area contributed by atoms with Gasteiger partial charge in [0.25, 0.3) is 15.9 Å². The molecule has 1 aliphatic heterocycles. The second kappa shape index (κ2) is 9.47. The smallest absolute Gasteiger partial charge is 0.270 e. The normalized spacial score (nSPS) is 16.2. The Labute approximate surface area is 179 Å². The third kappa shape index (κ3) is 4.29. The lowest BCUT2D eigenvalue weighted by Gasteiger charge is -2.31. The zero-order chi connectivity index (χ0) is 21.7. The van der Waals surface area contributed by atoms with E-state index in [-0.39, 0.29) is 4.91 Å². The summed E-state index contributed by atoms with van der Waals surface area (Å²) in [5, 5.41) is 2.92. The average molecular weight is 427 g/mol.